The summed E-state index contributed by atoms with van der Waals surface area (Å²) in [5, 5.41) is 11.2. The van der Waals surface area contributed by atoms with Crippen LogP contribution in [0.15, 0.2) is 71.5 Å². The van der Waals surface area contributed by atoms with Crippen molar-refractivity contribution in [1.82, 2.24) is 9.55 Å². The van der Waals surface area contributed by atoms with Gasteiger partial charge in [0.25, 0.3) is 11.2 Å². The summed E-state index contributed by atoms with van der Waals surface area (Å²) in [6.07, 6.45) is 0. The Morgan fingerprint density at radius 3 is 2.55 bits per heavy atom. The van der Waals surface area contributed by atoms with Crippen molar-refractivity contribution in [1.29, 1.82) is 0 Å². The summed E-state index contributed by atoms with van der Waals surface area (Å²) < 4.78 is 15.3. The first kappa shape index (κ1) is 18.3. The smallest absolute Gasteiger partial charge is 0.277 e. The molecule has 0 atom stereocenters. The van der Waals surface area contributed by atoms with Gasteiger partial charge in [-0.25, -0.2) is 9.37 Å². The third-order valence-electron chi connectivity index (χ3n) is 4.59. The molecule has 0 aliphatic carbocycles. The quantitative estimate of drug-likeness (QED) is 0.325. The third kappa shape index (κ3) is 3.43. The third-order valence-corrected chi connectivity index (χ3v) is 4.59. The predicted molar refractivity (Wildman–Crippen MR) is 108 cm³/mol. The number of hydrogen-bond donors (Lipinski definition) is 1. The first-order valence-corrected chi connectivity index (χ1v) is 8.72. The van der Waals surface area contributed by atoms with Gasteiger partial charge in [0.15, 0.2) is 0 Å². The molecule has 0 aliphatic heterocycles. The van der Waals surface area contributed by atoms with Gasteiger partial charge in [-0.1, -0.05) is 30.3 Å². The zero-order valence-electron chi connectivity index (χ0n) is 15.1. The lowest BCUT2D eigenvalue weighted by Crippen LogP contribution is -2.24. The number of halogens is 1. The van der Waals surface area contributed by atoms with Crippen LogP contribution in [-0.4, -0.2) is 14.5 Å². The van der Waals surface area contributed by atoms with Crippen LogP contribution in [-0.2, 0) is 6.54 Å². The fourth-order valence-corrected chi connectivity index (χ4v) is 3.18. The van der Waals surface area contributed by atoms with Gasteiger partial charge in [-0.2, -0.15) is 0 Å². The van der Waals surface area contributed by atoms with Gasteiger partial charge in [0.2, 0.25) is 0 Å². The average Bonchev–Trinajstić information content (AvgIpc) is 2.71. The van der Waals surface area contributed by atoms with Crippen molar-refractivity contribution in [2.24, 2.45) is 0 Å². The van der Waals surface area contributed by atoms with Gasteiger partial charge in [0.1, 0.15) is 11.5 Å². The van der Waals surface area contributed by atoms with Gasteiger partial charge in [-0.15, -0.1) is 0 Å². The second-order valence-electron chi connectivity index (χ2n) is 6.50. The summed E-state index contributed by atoms with van der Waals surface area (Å²) in [5.41, 5.74) is 7.10. The summed E-state index contributed by atoms with van der Waals surface area (Å²) in [4.78, 5) is 28.2. The molecule has 4 rings (SSSR count). The van der Waals surface area contributed by atoms with E-state index in [4.69, 9.17) is 5.73 Å². The molecule has 0 amide bonds. The predicted octanol–water partition coefficient (Wildman–Crippen LogP) is 3.74. The van der Waals surface area contributed by atoms with Crippen LogP contribution in [0, 0.1) is 15.9 Å². The van der Waals surface area contributed by atoms with Crippen LogP contribution in [0.5, 0.6) is 0 Å². The van der Waals surface area contributed by atoms with Gasteiger partial charge < -0.3 is 10.3 Å². The van der Waals surface area contributed by atoms with Crippen molar-refractivity contribution < 1.29 is 9.31 Å². The molecule has 0 saturated carbocycles. The van der Waals surface area contributed by atoms with Crippen molar-refractivity contribution in [3.05, 3.63) is 98.6 Å². The zero-order valence-corrected chi connectivity index (χ0v) is 15.1. The minimum Gasteiger partial charge on any atom is -0.398 e. The van der Waals surface area contributed by atoms with Crippen molar-refractivity contribution in [2.75, 3.05) is 5.73 Å². The molecule has 2 N–H and O–H groups in total. The molecule has 8 heteroatoms. The zero-order chi connectivity index (χ0) is 20.5. The topological polar surface area (TPSA) is 104 Å². The number of aromatic nitrogens is 2. The van der Waals surface area contributed by atoms with E-state index in [2.05, 4.69) is 4.98 Å². The molecular weight excluding hydrogens is 375 g/mol. The number of nitrogen functional groups attached to an aromatic ring is 1. The maximum atomic E-state index is 13.8. The maximum absolute atomic E-state index is 13.8. The number of nitro benzene ring substituents is 1. The second-order valence-corrected chi connectivity index (χ2v) is 6.50. The number of anilines is 1. The monoisotopic (exact) mass is 390 g/mol. The highest BCUT2D eigenvalue weighted by Gasteiger charge is 2.18. The first-order chi connectivity index (χ1) is 13.9. The van der Waals surface area contributed by atoms with Gasteiger partial charge >= 0.3 is 0 Å². The summed E-state index contributed by atoms with van der Waals surface area (Å²) in [5.74, 6) is -0.507. The van der Waals surface area contributed by atoms with E-state index in [9.17, 15) is 19.3 Å². The van der Waals surface area contributed by atoms with Crippen molar-refractivity contribution in [3.8, 4) is 11.3 Å². The lowest BCUT2D eigenvalue weighted by atomic mass is 10.1. The highest BCUT2D eigenvalue weighted by molar-refractivity contribution is 5.82. The van der Waals surface area contributed by atoms with E-state index in [0.717, 1.165) is 5.56 Å². The van der Waals surface area contributed by atoms with Crippen LogP contribution in [0.1, 0.15) is 5.56 Å². The molecule has 29 heavy (non-hydrogen) atoms. The molecule has 1 aromatic heterocycles. The molecule has 0 bridgehead atoms. The normalized spacial score (nSPS) is 10.9. The Balaban J connectivity index is 2.01. The van der Waals surface area contributed by atoms with E-state index >= 15 is 0 Å². The molecule has 0 fully saturated rings. The Bertz CT molecular complexity index is 1300. The van der Waals surface area contributed by atoms with Crippen LogP contribution in [0.2, 0.25) is 0 Å². The second kappa shape index (κ2) is 7.16. The van der Waals surface area contributed by atoms with Crippen LogP contribution >= 0.6 is 0 Å². The van der Waals surface area contributed by atoms with Crippen LogP contribution in [0.3, 0.4) is 0 Å². The minimum atomic E-state index is -0.577. The van der Waals surface area contributed by atoms with Gasteiger partial charge in [-0.05, 0) is 23.8 Å². The van der Waals surface area contributed by atoms with Crippen LogP contribution < -0.4 is 11.3 Å². The number of hydrogen-bond acceptors (Lipinski definition) is 5. The highest BCUT2D eigenvalue weighted by atomic mass is 19.1. The standard InChI is InChI=1S/C21H15FN4O3/c22-14-6-9-19-18(10-14)24-20(16-11-15(26(28)29)7-8-17(16)23)21(27)25(19)12-13-4-2-1-3-5-13/h1-11H,12,23H2. The van der Waals surface area contributed by atoms with E-state index in [-0.39, 0.29) is 34.7 Å². The lowest BCUT2D eigenvalue weighted by Gasteiger charge is -2.13. The van der Waals surface area contributed by atoms with Crippen LogP contribution in [0.4, 0.5) is 15.8 Å². The Hall–Kier alpha value is -4.07. The molecule has 1 heterocycles. The molecule has 4 aromatic rings. The average molecular weight is 390 g/mol. The molecule has 0 spiro atoms. The van der Waals surface area contributed by atoms with E-state index in [1.165, 1.54) is 41.0 Å². The Labute approximate surface area is 164 Å². The molecular formula is C21H15FN4O3. The van der Waals surface area contributed by atoms with Gasteiger partial charge in [0, 0.05) is 29.4 Å². The van der Waals surface area contributed by atoms with E-state index in [1.54, 1.807) is 0 Å². The lowest BCUT2D eigenvalue weighted by molar-refractivity contribution is -0.384. The molecule has 7 nitrogen and oxygen atoms in total. The SMILES string of the molecule is Nc1ccc([N+](=O)[O-])cc1-c1nc2cc(F)ccc2n(Cc2ccccc2)c1=O. The molecule has 0 aliphatic rings. The Morgan fingerprint density at radius 2 is 1.83 bits per heavy atom. The number of non-ortho nitro benzene ring substituents is 1. The number of rotatable bonds is 4. The maximum Gasteiger partial charge on any atom is 0.277 e. The number of fused-ring (bicyclic) bond motifs is 1. The summed E-state index contributed by atoms with van der Waals surface area (Å²) in [6, 6.07) is 17.1. The molecule has 3 aromatic carbocycles. The number of nitrogens with two attached hydrogens (primary N) is 1. The number of nitrogens with zero attached hydrogens (tertiary/aromatic N) is 3. The van der Waals surface area contributed by atoms with Crippen molar-refractivity contribution >= 4 is 22.4 Å². The van der Waals surface area contributed by atoms with Gasteiger partial charge in [-0.3, -0.25) is 14.9 Å². The first-order valence-electron chi connectivity index (χ1n) is 8.72. The van der Waals surface area contributed by atoms with Crippen LogP contribution in [0.25, 0.3) is 22.3 Å². The fraction of sp³-hybridized carbons (Fsp3) is 0.0476. The Morgan fingerprint density at radius 1 is 1.07 bits per heavy atom. The molecule has 144 valence electrons. The number of nitro groups is 1. The molecule has 0 saturated heterocycles. The van der Waals surface area contributed by atoms with Gasteiger partial charge in [0.05, 0.1) is 22.5 Å². The largest absolute Gasteiger partial charge is 0.398 e. The number of benzene rings is 3. The van der Waals surface area contributed by atoms with E-state index in [0.29, 0.717) is 5.52 Å². The van der Waals surface area contributed by atoms with E-state index < -0.39 is 16.3 Å². The van der Waals surface area contributed by atoms with Crippen molar-refractivity contribution in [2.45, 2.75) is 6.54 Å². The summed E-state index contributed by atoms with van der Waals surface area (Å²) >= 11 is 0. The van der Waals surface area contributed by atoms with Crippen molar-refractivity contribution in [3.63, 3.8) is 0 Å². The van der Waals surface area contributed by atoms with E-state index in [1.807, 2.05) is 30.3 Å². The fourth-order valence-electron chi connectivity index (χ4n) is 3.18. The molecule has 0 radical (unpaired) electrons. The molecule has 0 unspecified atom stereocenters. The Kier molecular flexibility index (Phi) is 4.52. The summed E-state index contributed by atoms with van der Waals surface area (Å²) in [7, 11) is 0. The summed E-state index contributed by atoms with van der Waals surface area (Å²) in [6.45, 7) is 0.228. The minimum absolute atomic E-state index is 0.0692. The highest BCUT2D eigenvalue weighted by Crippen LogP contribution is 2.28.